The fraction of sp³-hybridized carbons (Fsp3) is 0.350. The van der Waals surface area contributed by atoms with Crippen LogP contribution in [-0.2, 0) is 21.4 Å². The lowest BCUT2D eigenvalue weighted by Gasteiger charge is -2.19. The van der Waals surface area contributed by atoms with E-state index in [9.17, 15) is 13.2 Å². The Balaban J connectivity index is 1.76. The fourth-order valence-corrected chi connectivity index (χ4v) is 4.36. The van der Waals surface area contributed by atoms with Crippen molar-refractivity contribution < 1.29 is 22.7 Å². The van der Waals surface area contributed by atoms with Gasteiger partial charge in [-0.15, -0.1) is 0 Å². The van der Waals surface area contributed by atoms with Crippen molar-refractivity contribution in [3.63, 3.8) is 0 Å². The van der Waals surface area contributed by atoms with Gasteiger partial charge in [-0.05, 0) is 54.8 Å². The van der Waals surface area contributed by atoms with E-state index in [-0.39, 0.29) is 17.3 Å². The Kier molecular flexibility index (Phi) is 5.90. The van der Waals surface area contributed by atoms with Crippen LogP contribution in [0.25, 0.3) is 0 Å². The number of anilines is 1. The van der Waals surface area contributed by atoms with Crippen LogP contribution in [0.4, 0.5) is 5.69 Å². The normalized spacial score (nSPS) is 14.4. The second-order valence-electron chi connectivity index (χ2n) is 6.61. The largest absolute Gasteiger partial charge is 0.493 e. The van der Waals surface area contributed by atoms with Crippen LogP contribution in [0, 0.1) is 6.92 Å². The van der Waals surface area contributed by atoms with Crippen molar-refractivity contribution in [2.75, 3.05) is 25.7 Å². The molecular formula is C20H24N2O5S. The number of sulfonamides is 1. The van der Waals surface area contributed by atoms with Gasteiger partial charge in [0.25, 0.3) is 0 Å². The number of carbonyl (C=O) groups is 1. The summed E-state index contributed by atoms with van der Waals surface area (Å²) in [6.45, 7) is 2.60. The standard InChI is InChI=1S/C20H24N2O5S/c1-14-11-16(7-8-17(14)22-10-4-5-20(22)23)28(24,25)21-13-15-6-9-18(26-2)19(12-15)27-3/h6-9,11-12,21H,4-5,10,13H2,1-3H3. The fourth-order valence-electron chi connectivity index (χ4n) is 3.25. The van der Waals surface area contributed by atoms with E-state index in [1.54, 1.807) is 42.3 Å². The van der Waals surface area contributed by atoms with Gasteiger partial charge in [0.05, 0.1) is 19.1 Å². The molecule has 2 aromatic rings. The van der Waals surface area contributed by atoms with Gasteiger partial charge in [0, 0.05) is 25.2 Å². The van der Waals surface area contributed by atoms with E-state index < -0.39 is 10.0 Å². The molecule has 0 spiro atoms. The Morgan fingerprint density at radius 2 is 1.82 bits per heavy atom. The van der Waals surface area contributed by atoms with Gasteiger partial charge in [0.15, 0.2) is 11.5 Å². The molecule has 150 valence electrons. The van der Waals surface area contributed by atoms with E-state index in [4.69, 9.17) is 9.47 Å². The minimum absolute atomic E-state index is 0.0743. The SMILES string of the molecule is COc1ccc(CNS(=O)(=O)c2ccc(N3CCCC3=O)c(C)c2)cc1OC. The summed E-state index contributed by atoms with van der Waals surface area (Å²) < 4.78 is 38.4. The summed E-state index contributed by atoms with van der Waals surface area (Å²) in [6, 6.07) is 10.1. The van der Waals surface area contributed by atoms with E-state index in [1.807, 2.05) is 6.92 Å². The van der Waals surface area contributed by atoms with E-state index in [2.05, 4.69) is 4.72 Å². The number of hydrogen-bond acceptors (Lipinski definition) is 5. The predicted octanol–water partition coefficient (Wildman–Crippen LogP) is 2.62. The first-order valence-corrected chi connectivity index (χ1v) is 10.5. The average molecular weight is 404 g/mol. The Bertz CT molecular complexity index is 988. The van der Waals surface area contributed by atoms with Crippen molar-refractivity contribution in [3.05, 3.63) is 47.5 Å². The van der Waals surface area contributed by atoms with Crippen LogP contribution in [0.2, 0.25) is 0 Å². The molecule has 1 aliphatic rings. The molecule has 7 nitrogen and oxygen atoms in total. The second kappa shape index (κ2) is 8.20. The van der Waals surface area contributed by atoms with Crippen LogP contribution < -0.4 is 19.1 Å². The van der Waals surface area contributed by atoms with Crippen molar-refractivity contribution in [3.8, 4) is 11.5 Å². The van der Waals surface area contributed by atoms with Gasteiger partial charge in [0.1, 0.15) is 0 Å². The smallest absolute Gasteiger partial charge is 0.240 e. The number of rotatable bonds is 7. The maximum atomic E-state index is 12.7. The van der Waals surface area contributed by atoms with Gasteiger partial charge in [-0.2, -0.15) is 0 Å². The van der Waals surface area contributed by atoms with Crippen molar-refractivity contribution in [2.24, 2.45) is 0 Å². The van der Waals surface area contributed by atoms with Gasteiger partial charge in [-0.1, -0.05) is 6.07 Å². The van der Waals surface area contributed by atoms with Crippen molar-refractivity contribution in [1.29, 1.82) is 0 Å². The zero-order valence-corrected chi connectivity index (χ0v) is 17.0. The molecule has 0 unspecified atom stereocenters. The molecular weight excluding hydrogens is 380 g/mol. The molecule has 0 saturated carbocycles. The summed E-state index contributed by atoms with van der Waals surface area (Å²) >= 11 is 0. The summed E-state index contributed by atoms with van der Waals surface area (Å²) in [6.07, 6.45) is 1.36. The van der Waals surface area contributed by atoms with E-state index in [0.717, 1.165) is 23.2 Å². The van der Waals surface area contributed by atoms with Crippen LogP contribution in [0.5, 0.6) is 11.5 Å². The number of nitrogens with one attached hydrogen (secondary N) is 1. The zero-order valence-electron chi connectivity index (χ0n) is 16.2. The topological polar surface area (TPSA) is 84.9 Å². The molecule has 0 aromatic heterocycles. The highest BCUT2D eigenvalue weighted by atomic mass is 32.2. The monoisotopic (exact) mass is 404 g/mol. The highest BCUT2D eigenvalue weighted by molar-refractivity contribution is 7.89. The first-order chi connectivity index (χ1) is 13.4. The van der Waals surface area contributed by atoms with Crippen molar-refractivity contribution >= 4 is 21.6 Å². The lowest BCUT2D eigenvalue weighted by Crippen LogP contribution is -2.26. The maximum absolute atomic E-state index is 12.7. The highest BCUT2D eigenvalue weighted by Crippen LogP contribution is 2.29. The average Bonchev–Trinajstić information content (AvgIpc) is 3.11. The number of benzene rings is 2. The third-order valence-electron chi connectivity index (χ3n) is 4.76. The molecule has 1 amide bonds. The molecule has 0 aliphatic carbocycles. The van der Waals surface area contributed by atoms with Gasteiger partial charge < -0.3 is 14.4 Å². The van der Waals surface area contributed by atoms with Crippen LogP contribution in [-0.4, -0.2) is 35.1 Å². The Morgan fingerprint density at radius 1 is 1.07 bits per heavy atom. The number of amides is 1. The minimum atomic E-state index is -3.70. The Labute approximate surface area is 165 Å². The molecule has 8 heteroatoms. The minimum Gasteiger partial charge on any atom is -0.493 e. The third kappa shape index (κ3) is 4.13. The summed E-state index contributed by atoms with van der Waals surface area (Å²) in [4.78, 5) is 13.8. The maximum Gasteiger partial charge on any atom is 0.240 e. The molecule has 0 atom stereocenters. The Hall–Kier alpha value is -2.58. The summed E-state index contributed by atoms with van der Waals surface area (Å²) in [5, 5.41) is 0. The van der Waals surface area contributed by atoms with Crippen LogP contribution >= 0.6 is 0 Å². The predicted molar refractivity (Wildman–Crippen MR) is 106 cm³/mol. The van der Waals surface area contributed by atoms with Gasteiger partial charge in [-0.3, -0.25) is 4.79 Å². The molecule has 2 aromatic carbocycles. The summed E-state index contributed by atoms with van der Waals surface area (Å²) in [7, 11) is -0.623. The second-order valence-corrected chi connectivity index (χ2v) is 8.38. The van der Waals surface area contributed by atoms with E-state index in [1.165, 1.54) is 13.2 Å². The van der Waals surface area contributed by atoms with E-state index >= 15 is 0 Å². The first-order valence-electron chi connectivity index (χ1n) is 8.97. The summed E-state index contributed by atoms with van der Waals surface area (Å²) in [5.41, 5.74) is 2.27. The lowest BCUT2D eigenvalue weighted by atomic mass is 10.2. The quantitative estimate of drug-likeness (QED) is 0.767. The first kappa shape index (κ1) is 20.2. The van der Waals surface area contributed by atoms with Crippen LogP contribution in [0.1, 0.15) is 24.0 Å². The molecule has 28 heavy (non-hydrogen) atoms. The lowest BCUT2D eigenvalue weighted by molar-refractivity contribution is -0.117. The summed E-state index contributed by atoms with van der Waals surface area (Å²) in [5.74, 6) is 1.19. The van der Waals surface area contributed by atoms with E-state index in [0.29, 0.717) is 24.5 Å². The number of aryl methyl sites for hydroxylation is 1. The highest BCUT2D eigenvalue weighted by Gasteiger charge is 2.24. The Morgan fingerprint density at radius 3 is 2.43 bits per heavy atom. The molecule has 1 heterocycles. The molecule has 0 bridgehead atoms. The van der Waals surface area contributed by atoms with Crippen molar-refractivity contribution in [2.45, 2.75) is 31.2 Å². The molecule has 0 radical (unpaired) electrons. The number of ether oxygens (including phenoxy) is 2. The molecule has 1 saturated heterocycles. The van der Waals surface area contributed by atoms with Crippen molar-refractivity contribution in [1.82, 2.24) is 4.72 Å². The third-order valence-corrected chi connectivity index (χ3v) is 6.16. The number of methoxy groups -OCH3 is 2. The molecule has 1 aliphatic heterocycles. The zero-order chi connectivity index (χ0) is 20.3. The van der Waals surface area contributed by atoms with Gasteiger partial charge in [-0.25, -0.2) is 13.1 Å². The number of carbonyl (C=O) groups excluding carboxylic acids is 1. The molecule has 1 N–H and O–H groups in total. The van der Waals surface area contributed by atoms with Crippen LogP contribution in [0.15, 0.2) is 41.3 Å². The van der Waals surface area contributed by atoms with Crippen LogP contribution in [0.3, 0.4) is 0 Å². The molecule has 3 rings (SSSR count). The number of hydrogen-bond donors (Lipinski definition) is 1. The molecule has 1 fully saturated rings. The number of nitrogens with zero attached hydrogens (tertiary/aromatic N) is 1. The van der Waals surface area contributed by atoms with Gasteiger partial charge in [0.2, 0.25) is 15.9 Å². The van der Waals surface area contributed by atoms with Gasteiger partial charge >= 0.3 is 0 Å².